The van der Waals surface area contributed by atoms with Gasteiger partial charge in [0.05, 0.1) is 18.0 Å². The molecule has 2 aromatic heterocycles. The Morgan fingerprint density at radius 3 is 2.63 bits per heavy atom. The maximum Gasteiger partial charge on any atom is 0.319 e. The molecule has 1 aliphatic rings. The molecule has 3 amide bonds. The largest absolute Gasteiger partial charge is 0.475 e. The highest BCUT2D eigenvalue weighted by atomic mass is 19.1. The monoisotopic (exact) mass is 521 g/mol. The number of aliphatic hydroxyl groups excluding tert-OH is 1. The summed E-state index contributed by atoms with van der Waals surface area (Å²) in [6.45, 7) is 1.61. The number of halogens is 1. The molecule has 3 aromatic rings. The number of aromatic nitrogens is 2. The third kappa shape index (κ3) is 6.63. The van der Waals surface area contributed by atoms with Crippen molar-refractivity contribution >= 4 is 17.6 Å². The smallest absolute Gasteiger partial charge is 0.319 e. The summed E-state index contributed by atoms with van der Waals surface area (Å²) in [5, 5.41) is 17.4. The molecule has 0 spiro atoms. The van der Waals surface area contributed by atoms with Gasteiger partial charge in [-0.15, -0.1) is 0 Å². The Kier molecular flexibility index (Phi) is 8.85. The zero-order valence-corrected chi connectivity index (χ0v) is 21.5. The van der Waals surface area contributed by atoms with Gasteiger partial charge >= 0.3 is 6.03 Å². The van der Waals surface area contributed by atoms with Gasteiger partial charge in [0.25, 0.3) is 5.91 Å². The highest BCUT2D eigenvalue weighted by molar-refractivity contribution is 5.93. The van der Waals surface area contributed by atoms with Gasteiger partial charge in [-0.25, -0.2) is 14.2 Å². The van der Waals surface area contributed by atoms with E-state index in [1.165, 1.54) is 25.7 Å². The van der Waals surface area contributed by atoms with Crippen molar-refractivity contribution in [2.24, 2.45) is 0 Å². The number of nitrogens with one attached hydrogen (secondary N) is 3. The minimum atomic E-state index is -0.541. The highest BCUT2D eigenvalue weighted by Gasteiger charge is 2.18. The lowest BCUT2D eigenvalue weighted by Gasteiger charge is -2.23. The number of hydrogen-bond acceptors (Lipinski definition) is 6. The first-order valence-electron chi connectivity index (χ1n) is 12.7. The Morgan fingerprint density at radius 2 is 1.89 bits per heavy atom. The Hall–Kier alpha value is -4.05. The second kappa shape index (κ2) is 12.5. The topological polar surface area (TPSA) is 125 Å². The number of carbonyl (C=O) groups excluding carboxylic acids is 2. The number of aryl methyl sites for hydroxylation is 1. The van der Waals surface area contributed by atoms with Crippen LogP contribution in [0.3, 0.4) is 0 Å². The van der Waals surface area contributed by atoms with E-state index >= 15 is 0 Å². The van der Waals surface area contributed by atoms with Crippen LogP contribution >= 0.6 is 0 Å². The Labute approximate surface area is 220 Å². The fraction of sp³-hybridized carbons (Fsp3) is 0.357. The molecule has 200 valence electrons. The molecule has 10 heteroatoms. The average Bonchev–Trinajstić information content (AvgIpc) is 2.93. The molecule has 2 heterocycles. The van der Waals surface area contributed by atoms with E-state index in [1.807, 2.05) is 0 Å². The maximum absolute atomic E-state index is 14.9. The normalized spacial score (nSPS) is 13.6. The van der Waals surface area contributed by atoms with Crippen LogP contribution in [0.4, 0.5) is 14.9 Å². The SMILES string of the molecule is CNC(=O)c1cc(-c2cc(-c3cc(NC(=O)NC4CCCCC4)c(F)cc3C)cc(OCCO)n2)ccn1. The van der Waals surface area contributed by atoms with E-state index in [1.54, 1.807) is 37.3 Å². The van der Waals surface area contributed by atoms with Crippen molar-refractivity contribution < 1.29 is 23.8 Å². The fourth-order valence-electron chi connectivity index (χ4n) is 4.55. The first-order valence-corrected chi connectivity index (χ1v) is 12.7. The van der Waals surface area contributed by atoms with Crippen LogP contribution < -0.4 is 20.7 Å². The van der Waals surface area contributed by atoms with Crippen molar-refractivity contribution in [1.29, 1.82) is 0 Å². The van der Waals surface area contributed by atoms with Gasteiger partial charge in [-0.1, -0.05) is 19.3 Å². The molecule has 0 atom stereocenters. The molecule has 0 aliphatic heterocycles. The number of benzene rings is 1. The van der Waals surface area contributed by atoms with Crippen molar-refractivity contribution in [1.82, 2.24) is 20.6 Å². The van der Waals surface area contributed by atoms with Gasteiger partial charge in [0.2, 0.25) is 5.88 Å². The van der Waals surface area contributed by atoms with Crippen LogP contribution in [0.15, 0.2) is 42.6 Å². The Bertz CT molecular complexity index is 1310. The third-order valence-corrected chi connectivity index (χ3v) is 6.47. The van der Waals surface area contributed by atoms with Gasteiger partial charge in [0.1, 0.15) is 18.1 Å². The van der Waals surface area contributed by atoms with Crippen LogP contribution in [0.5, 0.6) is 5.88 Å². The molecule has 4 rings (SSSR count). The molecule has 0 bridgehead atoms. The molecular weight excluding hydrogens is 489 g/mol. The van der Waals surface area contributed by atoms with E-state index in [0.29, 0.717) is 27.9 Å². The first kappa shape index (κ1) is 27.0. The van der Waals surface area contributed by atoms with Crippen LogP contribution in [-0.2, 0) is 0 Å². The lowest BCUT2D eigenvalue weighted by atomic mass is 9.96. The number of pyridine rings is 2. The molecule has 1 aromatic carbocycles. The first-order chi connectivity index (χ1) is 18.4. The Morgan fingerprint density at radius 1 is 1.11 bits per heavy atom. The van der Waals surface area contributed by atoms with E-state index in [2.05, 4.69) is 25.9 Å². The zero-order chi connectivity index (χ0) is 27.1. The van der Waals surface area contributed by atoms with Gasteiger partial charge in [0.15, 0.2) is 0 Å². The summed E-state index contributed by atoms with van der Waals surface area (Å²) >= 11 is 0. The summed E-state index contributed by atoms with van der Waals surface area (Å²) in [4.78, 5) is 33.3. The van der Waals surface area contributed by atoms with E-state index in [0.717, 1.165) is 25.7 Å². The van der Waals surface area contributed by atoms with E-state index in [4.69, 9.17) is 4.74 Å². The fourth-order valence-corrected chi connectivity index (χ4v) is 4.55. The van der Waals surface area contributed by atoms with Crippen molar-refractivity contribution in [3.8, 4) is 28.3 Å². The lowest BCUT2D eigenvalue weighted by Crippen LogP contribution is -2.39. The molecule has 0 radical (unpaired) electrons. The lowest BCUT2D eigenvalue weighted by molar-refractivity contribution is 0.0958. The third-order valence-electron chi connectivity index (χ3n) is 6.47. The van der Waals surface area contributed by atoms with Crippen LogP contribution in [0.25, 0.3) is 22.4 Å². The molecule has 4 N–H and O–H groups in total. The summed E-state index contributed by atoms with van der Waals surface area (Å²) in [7, 11) is 1.52. The number of carbonyl (C=O) groups is 2. The predicted octanol–water partition coefficient (Wildman–Crippen LogP) is 4.44. The maximum atomic E-state index is 14.9. The minimum absolute atomic E-state index is 0.0340. The van der Waals surface area contributed by atoms with Gasteiger partial charge in [-0.05, 0) is 66.8 Å². The minimum Gasteiger partial charge on any atom is -0.475 e. The zero-order valence-electron chi connectivity index (χ0n) is 21.5. The number of ether oxygens (including phenoxy) is 1. The number of rotatable bonds is 8. The van der Waals surface area contributed by atoms with Gasteiger partial charge in [0, 0.05) is 30.9 Å². The van der Waals surface area contributed by atoms with Gasteiger partial charge in [-0.3, -0.25) is 9.78 Å². The number of anilines is 1. The summed E-state index contributed by atoms with van der Waals surface area (Å²) in [6.07, 6.45) is 6.66. The summed E-state index contributed by atoms with van der Waals surface area (Å²) in [6, 6.07) is 9.42. The average molecular weight is 522 g/mol. The molecule has 38 heavy (non-hydrogen) atoms. The number of aliphatic hydroxyl groups is 1. The second-order valence-corrected chi connectivity index (χ2v) is 9.24. The number of hydrogen-bond donors (Lipinski definition) is 4. The molecule has 1 fully saturated rings. The molecule has 1 aliphatic carbocycles. The van der Waals surface area contributed by atoms with Crippen LogP contribution in [0.2, 0.25) is 0 Å². The molecule has 1 saturated carbocycles. The standard InChI is InChI=1S/C28H32FN5O4/c1-17-12-22(29)24(34-28(37)32-20-6-4-3-5-7-20)16-21(17)19-14-23(33-26(15-19)38-11-10-35)18-8-9-31-25(13-18)27(36)30-2/h8-9,12-16,20,35H,3-7,10-11H2,1-2H3,(H,30,36)(H2,32,34,37). The molecule has 9 nitrogen and oxygen atoms in total. The van der Waals surface area contributed by atoms with Crippen molar-refractivity contribution in [3.05, 3.63) is 59.7 Å². The molecular formula is C28H32FN5O4. The Balaban J connectivity index is 1.69. The number of amides is 3. The second-order valence-electron chi connectivity index (χ2n) is 9.24. The van der Waals surface area contributed by atoms with E-state index in [-0.39, 0.29) is 42.4 Å². The van der Waals surface area contributed by atoms with Crippen LogP contribution in [0, 0.1) is 12.7 Å². The molecule has 0 saturated heterocycles. The van der Waals surface area contributed by atoms with Gasteiger partial charge < -0.3 is 25.8 Å². The highest BCUT2D eigenvalue weighted by Crippen LogP contribution is 2.33. The van der Waals surface area contributed by atoms with E-state index in [9.17, 15) is 19.1 Å². The number of nitrogens with zero attached hydrogens (tertiary/aromatic N) is 2. The van der Waals surface area contributed by atoms with Crippen LogP contribution in [0.1, 0.15) is 48.2 Å². The van der Waals surface area contributed by atoms with Crippen molar-refractivity contribution in [3.63, 3.8) is 0 Å². The predicted molar refractivity (Wildman–Crippen MR) is 143 cm³/mol. The quantitative estimate of drug-likeness (QED) is 0.347. The summed E-state index contributed by atoms with van der Waals surface area (Å²) in [5.41, 5.74) is 3.37. The van der Waals surface area contributed by atoms with E-state index < -0.39 is 11.8 Å². The molecule has 0 unspecified atom stereocenters. The van der Waals surface area contributed by atoms with Crippen molar-refractivity contribution in [2.75, 3.05) is 25.6 Å². The summed E-state index contributed by atoms with van der Waals surface area (Å²) < 4.78 is 20.5. The number of urea groups is 1. The van der Waals surface area contributed by atoms with Gasteiger partial charge in [-0.2, -0.15) is 0 Å². The summed E-state index contributed by atoms with van der Waals surface area (Å²) in [5.74, 6) is -0.630. The van der Waals surface area contributed by atoms with Crippen LogP contribution in [-0.4, -0.2) is 53.3 Å². The van der Waals surface area contributed by atoms with Crippen molar-refractivity contribution in [2.45, 2.75) is 45.1 Å².